The van der Waals surface area contributed by atoms with E-state index in [4.69, 9.17) is 30.9 Å². The normalized spacial score (nSPS) is 12.8. The van der Waals surface area contributed by atoms with Crippen LogP contribution in [0.3, 0.4) is 0 Å². The third kappa shape index (κ3) is 24.6. The average molecular weight is 690 g/mol. The van der Waals surface area contributed by atoms with Crippen LogP contribution in [0, 0.1) is 0 Å². The Bertz CT molecular complexity index is 865. The molecule has 0 aromatic carbocycles. The first-order valence-electron chi connectivity index (χ1n) is 16.8. The zero-order chi connectivity index (χ0) is 33.2. The quantitative estimate of drug-likeness (QED) is 0.0302. The first-order chi connectivity index (χ1) is 19.8. The van der Waals surface area contributed by atoms with E-state index in [9.17, 15) is 9.59 Å². The minimum absolute atomic E-state index is 0.249. The summed E-state index contributed by atoms with van der Waals surface area (Å²) in [4.78, 5) is 24.8. The van der Waals surface area contributed by atoms with Crippen molar-refractivity contribution in [3.8, 4) is 0 Å². The molecule has 43 heavy (non-hydrogen) atoms. The van der Waals surface area contributed by atoms with E-state index in [1.165, 1.54) is 42.6 Å². The summed E-state index contributed by atoms with van der Waals surface area (Å²) in [5.41, 5.74) is 6.10. The Kier molecular flexibility index (Phi) is 21.4. The molecule has 252 valence electrons. The Hall–Kier alpha value is -0.282. The van der Waals surface area contributed by atoms with E-state index in [1.807, 2.05) is 0 Å². The molecule has 6 nitrogen and oxygen atoms in total. The lowest BCUT2D eigenvalue weighted by molar-refractivity contribution is -0.139. The fourth-order valence-corrected chi connectivity index (χ4v) is 23.9. The van der Waals surface area contributed by atoms with E-state index in [1.54, 1.807) is 6.92 Å². The summed E-state index contributed by atoms with van der Waals surface area (Å²) < 4.78 is 18.6. The molecule has 0 unspecified atom stereocenters. The van der Waals surface area contributed by atoms with Crippen molar-refractivity contribution in [2.75, 3.05) is 13.2 Å². The maximum absolute atomic E-state index is 12.2. The Labute approximate surface area is 275 Å². The number of Topliss-reactive ketones (excluding diaryl/α,β-unsaturated/α-hetero) is 1. The number of ketones is 1. The van der Waals surface area contributed by atoms with Crippen LogP contribution in [-0.2, 0) is 22.6 Å². The standard InChI is InChI=1S/C32H67NO5SSi4/c1-29(2)32(35)36-24-17-20-30(34)19-11-14-25-40(3,4)37-41(5,6)26-15-12-21-31(39)22-13-16-27-42(7,8)38-43(9,10)28-18-23-33/h1,11-28,33H2,2-10H3. The van der Waals surface area contributed by atoms with Crippen molar-refractivity contribution in [1.82, 2.24) is 0 Å². The second-order valence-corrected chi connectivity index (χ2v) is 33.1. The highest BCUT2D eigenvalue weighted by atomic mass is 32.1. The molecule has 0 saturated heterocycles. The van der Waals surface area contributed by atoms with Gasteiger partial charge >= 0.3 is 5.97 Å². The zero-order valence-electron chi connectivity index (χ0n) is 29.5. The molecule has 0 spiro atoms. The van der Waals surface area contributed by atoms with Gasteiger partial charge in [0.05, 0.1) is 6.61 Å². The molecule has 0 radical (unpaired) electrons. The molecule has 0 aliphatic carbocycles. The Morgan fingerprint density at radius 2 is 1.00 bits per heavy atom. The molecular weight excluding hydrogens is 623 g/mol. The number of nitrogens with two attached hydrogens (primary N) is 1. The van der Waals surface area contributed by atoms with Crippen molar-refractivity contribution in [1.29, 1.82) is 0 Å². The molecule has 0 atom stereocenters. The van der Waals surface area contributed by atoms with E-state index in [2.05, 4.69) is 59.0 Å². The van der Waals surface area contributed by atoms with Crippen molar-refractivity contribution in [2.45, 2.75) is 161 Å². The topological polar surface area (TPSA) is 87.9 Å². The molecule has 0 aromatic rings. The third-order valence-corrected chi connectivity index (χ3v) is 23.2. The van der Waals surface area contributed by atoms with E-state index >= 15 is 0 Å². The lowest BCUT2D eigenvalue weighted by Crippen LogP contribution is -2.44. The number of carbonyl (C=O) groups excluding carboxylic acids is 2. The number of thiocarbonyl (C=S) groups is 1. The van der Waals surface area contributed by atoms with E-state index < -0.39 is 33.3 Å². The maximum atomic E-state index is 12.2. The van der Waals surface area contributed by atoms with Crippen LogP contribution in [0.1, 0.15) is 84.0 Å². The van der Waals surface area contributed by atoms with Crippen molar-refractivity contribution in [3.05, 3.63) is 12.2 Å². The second-order valence-electron chi connectivity index (χ2n) is 14.9. The molecule has 0 aliphatic heterocycles. The number of unbranched alkanes of at least 4 members (excludes halogenated alkanes) is 3. The fourth-order valence-electron chi connectivity index (χ4n) is 5.65. The highest BCUT2D eigenvalue weighted by molar-refractivity contribution is 7.80. The van der Waals surface area contributed by atoms with Gasteiger partial charge in [0.25, 0.3) is 0 Å². The largest absolute Gasteiger partial charge is 0.462 e. The third-order valence-electron chi connectivity index (χ3n) is 7.72. The van der Waals surface area contributed by atoms with E-state index in [0.717, 1.165) is 50.7 Å². The van der Waals surface area contributed by atoms with Crippen LogP contribution in [-0.4, -0.2) is 63.0 Å². The van der Waals surface area contributed by atoms with Crippen LogP contribution >= 0.6 is 12.2 Å². The van der Waals surface area contributed by atoms with Gasteiger partial charge in [0.15, 0.2) is 33.3 Å². The van der Waals surface area contributed by atoms with Gasteiger partial charge in [-0.2, -0.15) is 0 Å². The van der Waals surface area contributed by atoms with Gasteiger partial charge in [-0.25, -0.2) is 4.79 Å². The molecule has 0 aliphatic rings. The van der Waals surface area contributed by atoms with Crippen LogP contribution in [0.25, 0.3) is 0 Å². The molecule has 11 heteroatoms. The van der Waals surface area contributed by atoms with E-state index in [0.29, 0.717) is 24.8 Å². The number of hydrogen-bond acceptors (Lipinski definition) is 7. The van der Waals surface area contributed by atoms with Crippen molar-refractivity contribution >= 4 is 62.1 Å². The minimum atomic E-state index is -1.76. The monoisotopic (exact) mass is 689 g/mol. The summed E-state index contributed by atoms with van der Waals surface area (Å²) in [6.45, 7) is 25.0. The predicted octanol–water partition coefficient (Wildman–Crippen LogP) is 9.54. The van der Waals surface area contributed by atoms with Gasteiger partial charge in [-0.05, 0) is 140 Å². The molecule has 0 amide bonds. The molecule has 0 heterocycles. The Balaban J connectivity index is 4.11. The van der Waals surface area contributed by atoms with Gasteiger partial charge in [-0.3, -0.25) is 4.79 Å². The van der Waals surface area contributed by atoms with Gasteiger partial charge in [-0.15, -0.1) is 0 Å². The van der Waals surface area contributed by atoms with Crippen molar-refractivity contribution in [2.24, 2.45) is 5.73 Å². The minimum Gasteiger partial charge on any atom is -0.462 e. The zero-order valence-corrected chi connectivity index (χ0v) is 34.3. The van der Waals surface area contributed by atoms with Gasteiger partial charge in [0.2, 0.25) is 0 Å². The average Bonchev–Trinajstić information content (AvgIpc) is 2.87. The number of hydrogen-bond donors (Lipinski definition) is 1. The molecule has 2 N–H and O–H groups in total. The summed E-state index contributed by atoms with van der Waals surface area (Å²) in [5, 5.41) is 0. The Morgan fingerprint density at radius 3 is 1.40 bits per heavy atom. The lowest BCUT2D eigenvalue weighted by atomic mass is 10.1. The van der Waals surface area contributed by atoms with Gasteiger partial charge in [0, 0.05) is 18.4 Å². The van der Waals surface area contributed by atoms with Crippen LogP contribution < -0.4 is 5.73 Å². The highest BCUT2D eigenvalue weighted by Crippen LogP contribution is 2.27. The summed E-state index contributed by atoms with van der Waals surface area (Å²) >= 11 is 5.73. The van der Waals surface area contributed by atoms with Crippen molar-refractivity contribution < 1.29 is 22.6 Å². The van der Waals surface area contributed by atoms with Crippen LogP contribution in [0.4, 0.5) is 0 Å². The van der Waals surface area contributed by atoms with Crippen LogP contribution in [0.15, 0.2) is 12.2 Å². The van der Waals surface area contributed by atoms with Gasteiger partial charge < -0.3 is 18.7 Å². The molecule has 0 bridgehead atoms. The predicted molar refractivity (Wildman–Crippen MR) is 199 cm³/mol. The first kappa shape index (κ1) is 42.7. The SMILES string of the molecule is C=C(C)C(=O)OCCCC(=O)CCCC[Si](C)(C)O[Si](C)(C)CCCCC(=S)CCCC[Si](C)(C)O[Si](C)(C)CCCN. The lowest BCUT2D eigenvalue weighted by Gasteiger charge is -2.34. The molecule has 0 saturated carbocycles. The summed E-state index contributed by atoms with van der Waals surface area (Å²) in [6, 6.07) is 4.66. The smallest absolute Gasteiger partial charge is 0.333 e. The number of esters is 1. The van der Waals surface area contributed by atoms with Gasteiger partial charge in [0.1, 0.15) is 5.78 Å². The number of rotatable bonds is 27. The number of ether oxygens (including phenoxy) is 1. The number of carbonyl (C=O) groups is 2. The van der Waals surface area contributed by atoms with Crippen molar-refractivity contribution in [3.63, 3.8) is 0 Å². The summed E-state index contributed by atoms with van der Waals surface area (Å²) in [6.07, 6.45) is 11.5. The molecular formula is C32H67NO5SSi4. The fraction of sp³-hybridized carbons (Fsp3) is 0.844. The molecule has 0 rings (SSSR count). The summed E-state index contributed by atoms with van der Waals surface area (Å²) in [7, 11) is -6.69. The maximum Gasteiger partial charge on any atom is 0.333 e. The molecule has 0 fully saturated rings. The van der Waals surface area contributed by atoms with E-state index in [-0.39, 0.29) is 18.4 Å². The first-order valence-corrected chi connectivity index (χ1v) is 29.6. The van der Waals surface area contributed by atoms with Crippen LogP contribution in [0.2, 0.25) is 76.6 Å². The Morgan fingerprint density at radius 1 is 0.628 bits per heavy atom. The van der Waals surface area contributed by atoms with Crippen LogP contribution in [0.5, 0.6) is 0 Å². The molecule has 0 aromatic heterocycles. The van der Waals surface area contributed by atoms with Gasteiger partial charge in [-0.1, -0.05) is 38.1 Å². The summed E-state index contributed by atoms with van der Waals surface area (Å²) in [5.74, 6) is -0.137. The second kappa shape index (κ2) is 21.5. The highest BCUT2D eigenvalue weighted by Gasteiger charge is 2.33.